The largest absolute Gasteiger partial charge is 0.457 e. The third-order valence-corrected chi connectivity index (χ3v) is 6.57. The van der Waals surface area contributed by atoms with Gasteiger partial charge in [0.05, 0.1) is 19.6 Å². The fraction of sp³-hybridized carbons (Fsp3) is 0.444. The second-order valence-electron chi connectivity index (χ2n) is 8.33. The van der Waals surface area contributed by atoms with Crippen molar-refractivity contribution in [2.45, 2.75) is 57.3 Å². The average Bonchev–Trinajstić information content (AvgIpc) is 2.87. The Balaban J connectivity index is 1.84. The summed E-state index contributed by atoms with van der Waals surface area (Å²) >= 11 is 2.23. The van der Waals surface area contributed by atoms with Crippen LogP contribution in [-0.2, 0) is 41.7 Å². The van der Waals surface area contributed by atoms with Crippen LogP contribution in [0, 0.1) is 5.92 Å². The Morgan fingerprint density at radius 2 is 1.56 bits per heavy atom. The van der Waals surface area contributed by atoms with E-state index in [1.807, 2.05) is 67.6 Å². The SMILES string of the molecule is C=C[C@H](C)CC(=O)O[C@H]1[C@H](OCc2ccccc2)[C@@H](OCc2ccccc2)[C@@H](OC)O[C@@H]1CI. The summed E-state index contributed by atoms with van der Waals surface area (Å²) in [7, 11) is 1.58. The zero-order valence-corrected chi connectivity index (χ0v) is 21.8. The molecule has 0 amide bonds. The Morgan fingerprint density at radius 1 is 1.00 bits per heavy atom. The molecule has 184 valence electrons. The third kappa shape index (κ3) is 7.61. The van der Waals surface area contributed by atoms with Crippen LogP contribution in [0.3, 0.4) is 0 Å². The summed E-state index contributed by atoms with van der Waals surface area (Å²) in [6, 6.07) is 19.8. The molecule has 6 atom stereocenters. The number of esters is 1. The molecule has 0 spiro atoms. The molecule has 0 bridgehead atoms. The van der Waals surface area contributed by atoms with E-state index in [4.69, 9.17) is 23.7 Å². The highest BCUT2D eigenvalue weighted by Gasteiger charge is 2.49. The van der Waals surface area contributed by atoms with Gasteiger partial charge in [-0.25, -0.2) is 0 Å². The number of allylic oxidation sites excluding steroid dienone is 1. The van der Waals surface area contributed by atoms with Crippen molar-refractivity contribution >= 4 is 28.6 Å². The topological polar surface area (TPSA) is 63.2 Å². The maximum absolute atomic E-state index is 12.7. The van der Waals surface area contributed by atoms with Crippen molar-refractivity contribution in [2.24, 2.45) is 5.92 Å². The lowest BCUT2D eigenvalue weighted by Gasteiger charge is -2.44. The summed E-state index contributed by atoms with van der Waals surface area (Å²) in [6.45, 7) is 6.38. The summed E-state index contributed by atoms with van der Waals surface area (Å²) in [5.41, 5.74) is 2.03. The smallest absolute Gasteiger partial charge is 0.306 e. The Morgan fingerprint density at radius 3 is 2.06 bits per heavy atom. The summed E-state index contributed by atoms with van der Waals surface area (Å²) in [5, 5.41) is 0. The predicted molar refractivity (Wildman–Crippen MR) is 138 cm³/mol. The van der Waals surface area contributed by atoms with Crippen molar-refractivity contribution in [1.82, 2.24) is 0 Å². The highest BCUT2D eigenvalue weighted by molar-refractivity contribution is 14.1. The lowest BCUT2D eigenvalue weighted by Crippen LogP contribution is -2.61. The van der Waals surface area contributed by atoms with Gasteiger partial charge in [0, 0.05) is 11.5 Å². The summed E-state index contributed by atoms with van der Waals surface area (Å²) in [4.78, 5) is 12.7. The Labute approximate surface area is 215 Å². The number of carbonyl (C=O) groups is 1. The van der Waals surface area contributed by atoms with Crippen LogP contribution in [0.25, 0.3) is 0 Å². The van der Waals surface area contributed by atoms with E-state index in [1.54, 1.807) is 13.2 Å². The lowest BCUT2D eigenvalue weighted by atomic mass is 9.98. The zero-order chi connectivity index (χ0) is 24.3. The van der Waals surface area contributed by atoms with Crippen molar-refractivity contribution in [3.8, 4) is 0 Å². The van der Waals surface area contributed by atoms with Crippen LogP contribution in [0.15, 0.2) is 73.3 Å². The molecule has 7 heteroatoms. The fourth-order valence-corrected chi connectivity index (χ4v) is 4.49. The number of rotatable bonds is 12. The number of alkyl halides is 1. The predicted octanol–water partition coefficient (Wildman–Crippen LogP) is 5.09. The molecular formula is C27H33IO6. The first kappa shape index (κ1) is 26.8. The van der Waals surface area contributed by atoms with Crippen LogP contribution in [0.4, 0.5) is 0 Å². The molecule has 3 rings (SSSR count). The quantitative estimate of drug-likeness (QED) is 0.151. The molecule has 6 nitrogen and oxygen atoms in total. The number of benzene rings is 2. The summed E-state index contributed by atoms with van der Waals surface area (Å²) in [6.07, 6.45) is -0.893. The maximum Gasteiger partial charge on any atom is 0.306 e. The first-order valence-corrected chi connectivity index (χ1v) is 13.0. The molecule has 0 N–H and O–H groups in total. The van der Waals surface area contributed by atoms with E-state index < -0.39 is 30.7 Å². The second kappa shape index (κ2) is 13.9. The van der Waals surface area contributed by atoms with Gasteiger partial charge >= 0.3 is 5.97 Å². The van der Waals surface area contributed by atoms with Crippen LogP contribution in [-0.4, -0.2) is 48.2 Å². The molecule has 0 saturated carbocycles. The molecule has 1 fully saturated rings. The molecule has 0 aliphatic carbocycles. The average molecular weight is 580 g/mol. The number of methoxy groups -OCH3 is 1. The molecule has 2 aromatic rings. The first-order chi connectivity index (χ1) is 16.5. The van der Waals surface area contributed by atoms with E-state index in [1.165, 1.54) is 0 Å². The van der Waals surface area contributed by atoms with Gasteiger partial charge < -0.3 is 23.7 Å². The molecule has 1 heterocycles. The molecule has 2 aromatic carbocycles. The van der Waals surface area contributed by atoms with E-state index in [0.29, 0.717) is 17.6 Å². The Bertz CT molecular complexity index is 877. The second-order valence-corrected chi connectivity index (χ2v) is 9.21. The molecule has 1 saturated heterocycles. The summed E-state index contributed by atoms with van der Waals surface area (Å²) < 4.78 is 31.1. The molecular weight excluding hydrogens is 547 g/mol. The third-order valence-electron chi connectivity index (χ3n) is 5.70. The minimum absolute atomic E-state index is 0.00981. The highest BCUT2D eigenvalue weighted by atomic mass is 127. The van der Waals surface area contributed by atoms with Crippen LogP contribution >= 0.6 is 22.6 Å². The van der Waals surface area contributed by atoms with E-state index >= 15 is 0 Å². The maximum atomic E-state index is 12.7. The van der Waals surface area contributed by atoms with E-state index in [9.17, 15) is 4.79 Å². The van der Waals surface area contributed by atoms with Gasteiger partial charge in [0.2, 0.25) is 0 Å². The fourth-order valence-electron chi connectivity index (χ4n) is 3.78. The van der Waals surface area contributed by atoms with Gasteiger partial charge in [-0.2, -0.15) is 0 Å². The van der Waals surface area contributed by atoms with Gasteiger partial charge in [-0.1, -0.05) is 96.3 Å². The number of carbonyl (C=O) groups excluding carboxylic acids is 1. The highest BCUT2D eigenvalue weighted by Crippen LogP contribution is 2.31. The van der Waals surface area contributed by atoms with E-state index in [2.05, 4.69) is 29.2 Å². The van der Waals surface area contributed by atoms with Gasteiger partial charge in [0.25, 0.3) is 0 Å². The van der Waals surface area contributed by atoms with Gasteiger partial charge in [-0.15, -0.1) is 6.58 Å². The lowest BCUT2D eigenvalue weighted by molar-refractivity contribution is -0.307. The number of hydrogen-bond donors (Lipinski definition) is 0. The molecule has 1 aliphatic heterocycles. The molecule has 0 unspecified atom stereocenters. The molecule has 0 radical (unpaired) electrons. The van der Waals surface area contributed by atoms with Crippen molar-refractivity contribution < 1.29 is 28.5 Å². The number of hydrogen-bond acceptors (Lipinski definition) is 6. The minimum atomic E-state index is -0.661. The normalized spacial score (nSPS) is 25.4. The molecule has 0 aromatic heterocycles. The van der Waals surface area contributed by atoms with E-state index in [0.717, 1.165) is 11.1 Å². The number of halogens is 1. The minimum Gasteiger partial charge on any atom is -0.457 e. The Hall–Kier alpha value is -1.78. The van der Waals surface area contributed by atoms with Gasteiger partial charge in [0.1, 0.15) is 18.3 Å². The van der Waals surface area contributed by atoms with Crippen molar-refractivity contribution in [3.63, 3.8) is 0 Å². The van der Waals surface area contributed by atoms with Gasteiger partial charge in [-0.3, -0.25) is 4.79 Å². The van der Waals surface area contributed by atoms with Gasteiger partial charge in [-0.05, 0) is 17.0 Å². The van der Waals surface area contributed by atoms with Crippen LogP contribution < -0.4 is 0 Å². The van der Waals surface area contributed by atoms with Gasteiger partial charge in [0.15, 0.2) is 12.4 Å². The van der Waals surface area contributed by atoms with Crippen molar-refractivity contribution in [1.29, 1.82) is 0 Å². The molecule has 1 aliphatic rings. The van der Waals surface area contributed by atoms with Crippen molar-refractivity contribution in [2.75, 3.05) is 11.5 Å². The Kier molecular flexibility index (Phi) is 11.0. The molecule has 34 heavy (non-hydrogen) atoms. The van der Waals surface area contributed by atoms with E-state index in [-0.39, 0.29) is 18.3 Å². The summed E-state index contributed by atoms with van der Waals surface area (Å²) in [5.74, 6) is -0.308. The van der Waals surface area contributed by atoms with Crippen LogP contribution in [0.2, 0.25) is 0 Å². The van der Waals surface area contributed by atoms with Crippen LogP contribution in [0.1, 0.15) is 24.5 Å². The zero-order valence-electron chi connectivity index (χ0n) is 19.7. The standard InChI is InChI=1S/C27H33IO6/c1-4-19(2)15-23(29)34-24-22(16-28)33-27(30-3)26(32-18-21-13-9-6-10-14-21)25(24)31-17-20-11-7-5-8-12-20/h4-14,19,22,24-27H,1,15-18H2,2-3H3/t19-,22+,24+,25-,26+,27-/m0/s1. The van der Waals surface area contributed by atoms with Crippen molar-refractivity contribution in [3.05, 3.63) is 84.4 Å². The number of ether oxygens (including phenoxy) is 5. The van der Waals surface area contributed by atoms with Crippen LogP contribution in [0.5, 0.6) is 0 Å². The monoisotopic (exact) mass is 580 g/mol. The first-order valence-electron chi connectivity index (χ1n) is 11.4.